The first-order valence-corrected chi connectivity index (χ1v) is 6.39. The molecule has 0 aliphatic heterocycles. The Kier molecular flexibility index (Phi) is 3.70. The summed E-state index contributed by atoms with van der Waals surface area (Å²) in [6.45, 7) is 0. The molecule has 1 heterocycles. The van der Waals surface area contributed by atoms with Gasteiger partial charge in [0.25, 0.3) is 0 Å². The maximum atomic E-state index is 13.3. The molecule has 2 rings (SSSR count). The Morgan fingerprint density at radius 1 is 1.35 bits per heavy atom. The molecule has 17 heavy (non-hydrogen) atoms. The number of aldehydes is 1. The van der Waals surface area contributed by atoms with Crippen LogP contribution in [0.25, 0.3) is 11.3 Å². The molecule has 2 nitrogen and oxygen atoms in total. The van der Waals surface area contributed by atoms with Gasteiger partial charge in [0.1, 0.15) is 11.6 Å². The van der Waals surface area contributed by atoms with Gasteiger partial charge in [-0.1, -0.05) is 11.6 Å². The quantitative estimate of drug-likeness (QED) is 0.412. The highest BCUT2D eigenvalue weighted by Gasteiger charge is 2.18. The van der Waals surface area contributed by atoms with E-state index in [9.17, 15) is 9.18 Å². The van der Waals surface area contributed by atoms with Crippen LogP contribution in [-0.4, -0.2) is 6.29 Å². The average molecular weight is 382 g/mol. The van der Waals surface area contributed by atoms with E-state index in [1.54, 1.807) is 6.07 Å². The maximum Gasteiger partial charge on any atom is 0.185 e. The van der Waals surface area contributed by atoms with Gasteiger partial charge in [0.2, 0.25) is 0 Å². The predicted molar refractivity (Wildman–Crippen MR) is 69.9 cm³/mol. The topological polar surface area (TPSA) is 30.2 Å². The lowest BCUT2D eigenvalue weighted by molar-refractivity contribution is 0.110. The number of hydrogen-bond acceptors (Lipinski definition) is 2. The van der Waals surface area contributed by atoms with E-state index in [1.165, 1.54) is 12.1 Å². The van der Waals surface area contributed by atoms with Crippen molar-refractivity contribution in [3.8, 4) is 11.3 Å². The van der Waals surface area contributed by atoms with Gasteiger partial charge in [0.05, 0.1) is 9.50 Å². The summed E-state index contributed by atoms with van der Waals surface area (Å²) in [6, 6.07) is 4.38. The number of carbonyl (C=O) groups excluding carboxylic acids is 1. The number of carbonyl (C=O) groups is 1. The lowest BCUT2D eigenvalue weighted by Gasteiger charge is -2.07. The summed E-state index contributed by atoms with van der Waals surface area (Å²) in [5.74, 6) is 0.0725. The largest absolute Gasteiger partial charge is 0.453 e. The second-order valence-corrected chi connectivity index (χ2v) is 5.19. The second-order valence-electron chi connectivity index (χ2n) is 3.16. The molecular formula is C11H4Br2ClFO2. The third-order valence-corrected chi connectivity index (χ3v) is 4.12. The molecule has 0 N–H and O–H groups in total. The third-order valence-electron chi connectivity index (χ3n) is 2.10. The number of halogens is 4. The Balaban J connectivity index is 2.66. The van der Waals surface area contributed by atoms with Crippen molar-refractivity contribution >= 4 is 49.7 Å². The van der Waals surface area contributed by atoms with Gasteiger partial charge in [0.15, 0.2) is 12.0 Å². The Labute approximate surface area is 118 Å². The van der Waals surface area contributed by atoms with Crippen LogP contribution in [-0.2, 0) is 0 Å². The summed E-state index contributed by atoms with van der Waals surface area (Å²) >= 11 is 12.2. The zero-order chi connectivity index (χ0) is 12.6. The van der Waals surface area contributed by atoms with Gasteiger partial charge < -0.3 is 4.42 Å². The third kappa shape index (κ3) is 2.32. The molecule has 0 saturated heterocycles. The molecule has 0 fully saturated rings. The van der Waals surface area contributed by atoms with Crippen molar-refractivity contribution in [3.63, 3.8) is 0 Å². The fraction of sp³-hybridized carbons (Fsp3) is 0. The number of benzene rings is 1. The summed E-state index contributed by atoms with van der Waals surface area (Å²) in [5.41, 5.74) is 0.560. The van der Waals surface area contributed by atoms with Gasteiger partial charge in [-0.05, 0) is 50.1 Å². The summed E-state index contributed by atoms with van der Waals surface area (Å²) < 4.78 is 19.5. The minimum Gasteiger partial charge on any atom is -0.453 e. The highest BCUT2D eigenvalue weighted by atomic mass is 79.9. The van der Waals surface area contributed by atoms with Crippen LogP contribution in [0.5, 0.6) is 0 Å². The lowest BCUT2D eigenvalue weighted by atomic mass is 10.2. The Morgan fingerprint density at radius 3 is 2.65 bits per heavy atom. The van der Waals surface area contributed by atoms with Crippen LogP contribution in [0.2, 0.25) is 5.02 Å². The molecular weight excluding hydrogens is 378 g/mol. The van der Waals surface area contributed by atoms with Crippen molar-refractivity contribution in [1.29, 1.82) is 0 Å². The van der Waals surface area contributed by atoms with Crippen molar-refractivity contribution in [2.24, 2.45) is 0 Å². The molecule has 0 amide bonds. The van der Waals surface area contributed by atoms with Crippen LogP contribution in [0.1, 0.15) is 10.6 Å². The molecule has 2 aromatic rings. The van der Waals surface area contributed by atoms with Gasteiger partial charge in [-0.15, -0.1) is 0 Å². The van der Waals surface area contributed by atoms with Crippen molar-refractivity contribution in [1.82, 2.24) is 0 Å². The molecule has 0 atom stereocenters. The van der Waals surface area contributed by atoms with E-state index in [-0.39, 0.29) is 10.8 Å². The molecule has 0 saturated carbocycles. The SMILES string of the molecule is O=Cc1ccc(-c2c(Br)cc(F)c(Cl)c2Br)o1. The van der Waals surface area contributed by atoms with Crippen molar-refractivity contribution in [2.45, 2.75) is 0 Å². The highest BCUT2D eigenvalue weighted by Crippen LogP contribution is 2.41. The minimum absolute atomic E-state index is 0.0350. The fourth-order valence-electron chi connectivity index (χ4n) is 1.34. The molecule has 0 aliphatic rings. The molecule has 1 aromatic carbocycles. The van der Waals surface area contributed by atoms with E-state index < -0.39 is 5.82 Å². The first kappa shape index (κ1) is 12.8. The van der Waals surface area contributed by atoms with E-state index in [0.717, 1.165) is 0 Å². The first-order chi connectivity index (χ1) is 8.04. The number of hydrogen-bond donors (Lipinski definition) is 0. The van der Waals surface area contributed by atoms with Crippen LogP contribution in [0, 0.1) is 5.82 Å². The standard InChI is InChI=1S/C11H4Br2ClFO2/c12-6-3-7(15)11(14)10(13)9(6)8-2-1-5(4-16)17-8/h1-4H. The van der Waals surface area contributed by atoms with E-state index in [0.29, 0.717) is 26.6 Å². The van der Waals surface area contributed by atoms with Gasteiger partial charge >= 0.3 is 0 Å². The zero-order valence-electron chi connectivity index (χ0n) is 8.14. The number of furan rings is 1. The molecule has 88 valence electrons. The summed E-state index contributed by atoms with van der Waals surface area (Å²) in [7, 11) is 0. The lowest BCUT2D eigenvalue weighted by Crippen LogP contribution is -1.86. The van der Waals surface area contributed by atoms with Gasteiger partial charge in [0, 0.05) is 10.0 Å². The van der Waals surface area contributed by atoms with E-state index in [1.807, 2.05) is 0 Å². The molecule has 0 spiro atoms. The van der Waals surface area contributed by atoms with E-state index >= 15 is 0 Å². The van der Waals surface area contributed by atoms with Crippen LogP contribution >= 0.6 is 43.5 Å². The summed E-state index contributed by atoms with van der Waals surface area (Å²) in [5, 5.41) is -0.0350. The zero-order valence-corrected chi connectivity index (χ0v) is 12.1. The first-order valence-electron chi connectivity index (χ1n) is 4.43. The smallest absolute Gasteiger partial charge is 0.185 e. The van der Waals surface area contributed by atoms with Crippen LogP contribution in [0.15, 0.2) is 31.6 Å². The van der Waals surface area contributed by atoms with Crippen molar-refractivity contribution < 1.29 is 13.6 Å². The molecule has 0 unspecified atom stereocenters. The fourth-order valence-corrected chi connectivity index (χ4v) is 2.95. The van der Waals surface area contributed by atoms with Crippen LogP contribution in [0.3, 0.4) is 0 Å². The van der Waals surface area contributed by atoms with Gasteiger partial charge in [-0.2, -0.15) is 0 Å². The number of rotatable bonds is 2. The predicted octanol–water partition coefficient (Wildman–Crippen LogP) is 5.08. The Morgan fingerprint density at radius 2 is 2.06 bits per heavy atom. The van der Waals surface area contributed by atoms with E-state index in [4.69, 9.17) is 16.0 Å². The maximum absolute atomic E-state index is 13.3. The summed E-state index contributed by atoms with van der Waals surface area (Å²) in [4.78, 5) is 10.5. The van der Waals surface area contributed by atoms with Crippen LogP contribution in [0.4, 0.5) is 4.39 Å². The minimum atomic E-state index is -0.545. The van der Waals surface area contributed by atoms with Crippen molar-refractivity contribution in [3.05, 3.63) is 43.7 Å². The van der Waals surface area contributed by atoms with Crippen LogP contribution < -0.4 is 0 Å². The van der Waals surface area contributed by atoms with Gasteiger partial charge in [-0.25, -0.2) is 4.39 Å². The van der Waals surface area contributed by atoms with E-state index in [2.05, 4.69) is 31.9 Å². The summed E-state index contributed by atoms with van der Waals surface area (Å²) in [6.07, 6.45) is 0.594. The molecule has 6 heteroatoms. The normalized spacial score (nSPS) is 10.6. The van der Waals surface area contributed by atoms with Gasteiger partial charge in [-0.3, -0.25) is 4.79 Å². The monoisotopic (exact) mass is 380 g/mol. The molecule has 0 bridgehead atoms. The Hall–Kier alpha value is -0.650. The van der Waals surface area contributed by atoms with Crippen molar-refractivity contribution in [2.75, 3.05) is 0 Å². The highest BCUT2D eigenvalue weighted by molar-refractivity contribution is 9.11. The molecule has 1 aromatic heterocycles. The second kappa shape index (κ2) is 4.92. The Bertz CT molecular complexity index is 595. The molecule has 0 radical (unpaired) electrons. The average Bonchev–Trinajstić information content (AvgIpc) is 2.74. The molecule has 0 aliphatic carbocycles.